The van der Waals surface area contributed by atoms with Gasteiger partial charge >= 0.3 is 5.97 Å². The van der Waals surface area contributed by atoms with Crippen LogP contribution in [0.2, 0.25) is 15.2 Å². The number of carbonyl (C=O) groups is 1. The summed E-state index contributed by atoms with van der Waals surface area (Å²) in [5.41, 5.74) is 0.711. The van der Waals surface area contributed by atoms with Crippen LogP contribution in [-0.4, -0.2) is 11.0 Å². The highest BCUT2D eigenvalue weighted by Crippen LogP contribution is 2.24. The Kier molecular flexibility index (Phi) is 4.30. The van der Waals surface area contributed by atoms with E-state index in [9.17, 15) is 4.79 Å². The molecular weight excluding hydrogens is 309 g/mol. The highest BCUT2D eigenvalue weighted by molar-refractivity contribution is 6.34. The fraction of sp³-hybridized carbons (Fsp3) is 0.0769. The number of hydrogen-bond donors (Lipinski definition) is 0. The van der Waals surface area contributed by atoms with E-state index < -0.39 is 5.97 Å². The van der Waals surface area contributed by atoms with Gasteiger partial charge in [0.2, 0.25) is 0 Å². The molecule has 0 aliphatic heterocycles. The molecule has 0 saturated heterocycles. The molecule has 98 valence electrons. The molecule has 0 aliphatic carbocycles. The summed E-state index contributed by atoms with van der Waals surface area (Å²) in [5.74, 6) is -0.273. The first-order valence-corrected chi connectivity index (χ1v) is 6.41. The predicted molar refractivity (Wildman–Crippen MR) is 75.4 cm³/mol. The smallest absolute Gasteiger partial charge is 0.363 e. The van der Waals surface area contributed by atoms with Crippen molar-refractivity contribution in [3.05, 3.63) is 56.8 Å². The van der Waals surface area contributed by atoms with Gasteiger partial charge in [0.15, 0.2) is 5.69 Å². The third-order valence-electron chi connectivity index (χ3n) is 2.35. The molecule has 1 aromatic heterocycles. The molecule has 0 radical (unpaired) electrons. The van der Waals surface area contributed by atoms with E-state index in [4.69, 9.17) is 39.5 Å². The highest BCUT2D eigenvalue weighted by atomic mass is 35.5. The van der Waals surface area contributed by atoms with Crippen molar-refractivity contribution in [1.29, 1.82) is 0 Å². The van der Waals surface area contributed by atoms with E-state index in [1.807, 2.05) is 0 Å². The molecule has 0 spiro atoms. The average molecular weight is 317 g/mol. The van der Waals surface area contributed by atoms with E-state index in [2.05, 4.69) is 4.98 Å². The van der Waals surface area contributed by atoms with Crippen LogP contribution in [-0.2, 0) is 0 Å². The monoisotopic (exact) mass is 315 g/mol. The van der Waals surface area contributed by atoms with Crippen molar-refractivity contribution < 1.29 is 9.53 Å². The molecule has 0 unspecified atom stereocenters. The SMILES string of the molecule is Cc1cc(Cl)ccc1OC(=O)c1nc(Cl)ccc1Cl. The molecule has 0 N–H and O–H groups in total. The lowest BCUT2D eigenvalue weighted by atomic mass is 10.2. The van der Waals surface area contributed by atoms with Gasteiger partial charge in [-0.15, -0.1) is 0 Å². The third kappa shape index (κ3) is 3.38. The standard InChI is InChI=1S/C13H8Cl3NO2/c1-7-6-8(14)2-4-10(7)19-13(18)12-9(15)3-5-11(16)17-12/h2-6H,1H3. The van der Waals surface area contributed by atoms with Crippen LogP contribution < -0.4 is 4.74 Å². The second-order valence-electron chi connectivity index (χ2n) is 3.76. The normalized spacial score (nSPS) is 10.3. The van der Waals surface area contributed by atoms with Crippen molar-refractivity contribution in [1.82, 2.24) is 4.98 Å². The van der Waals surface area contributed by atoms with Crippen molar-refractivity contribution in [2.75, 3.05) is 0 Å². The number of aryl methyl sites for hydroxylation is 1. The van der Waals surface area contributed by atoms with Crippen LogP contribution in [0.3, 0.4) is 0 Å². The number of benzene rings is 1. The van der Waals surface area contributed by atoms with Gasteiger partial charge in [0.1, 0.15) is 10.9 Å². The first-order chi connectivity index (χ1) is 8.97. The van der Waals surface area contributed by atoms with E-state index in [1.165, 1.54) is 12.1 Å². The molecule has 0 saturated carbocycles. The van der Waals surface area contributed by atoms with Crippen LogP contribution >= 0.6 is 34.8 Å². The number of esters is 1. The minimum Gasteiger partial charge on any atom is -0.421 e. The quantitative estimate of drug-likeness (QED) is 0.463. The fourth-order valence-electron chi connectivity index (χ4n) is 1.44. The molecule has 1 aromatic carbocycles. The number of nitrogens with zero attached hydrogens (tertiary/aromatic N) is 1. The van der Waals surface area contributed by atoms with Gasteiger partial charge in [-0.3, -0.25) is 0 Å². The lowest BCUT2D eigenvalue weighted by Gasteiger charge is -2.08. The van der Waals surface area contributed by atoms with Gasteiger partial charge in [0.25, 0.3) is 0 Å². The van der Waals surface area contributed by atoms with Gasteiger partial charge in [0, 0.05) is 5.02 Å². The van der Waals surface area contributed by atoms with Crippen LogP contribution in [0.1, 0.15) is 16.1 Å². The Hall–Kier alpha value is -1.29. The van der Waals surface area contributed by atoms with Crippen molar-refractivity contribution >= 4 is 40.8 Å². The van der Waals surface area contributed by atoms with Gasteiger partial charge in [-0.25, -0.2) is 9.78 Å². The van der Waals surface area contributed by atoms with Crippen molar-refractivity contribution in [3.8, 4) is 5.75 Å². The van der Waals surface area contributed by atoms with Crippen LogP contribution in [0.5, 0.6) is 5.75 Å². The third-order valence-corrected chi connectivity index (χ3v) is 3.10. The molecule has 6 heteroatoms. The number of pyridine rings is 1. The Morgan fingerprint density at radius 3 is 2.58 bits per heavy atom. The first-order valence-electron chi connectivity index (χ1n) is 5.28. The molecule has 0 fully saturated rings. The topological polar surface area (TPSA) is 39.2 Å². The molecule has 2 rings (SSSR count). The Morgan fingerprint density at radius 2 is 1.89 bits per heavy atom. The van der Waals surface area contributed by atoms with Crippen molar-refractivity contribution in [2.45, 2.75) is 6.92 Å². The number of aromatic nitrogens is 1. The summed E-state index contributed by atoms with van der Waals surface area (Å²) in [6.07, 6.45) is 0. The Labute approximate surface area is 125 Å². The summed E-state index contributed by atoms with van der Waals surface area (Å²) in [6.45, 7) is 1.78. The van der Waals surface area contributed by atoms with E-state index in [0.717, 1.165) is 5.56 Å². The van der Waals surface area contributed by atoms with Crippen LogP contribution in [0.15, 0.2) is 30.3 Å². The van der Waals surface area contributed by atoms with E-state index in [-0.39, 0.29) is 15.9 Å². The van der Waals surface area contributed by atoms with Crippen molar-refractivity contribution in [2.24, 2.45) is 0 Å². The minimum atomic E-state index is -0.669. The Balaban J connectivity index is 2.28. The molecular formula is C13H8Cl3NO2. The molecule has 1 heterocycles. The molecule has 2 aromatic rings. The first kappa shape index (κ1) is 14.1. The van der Waals surface area contributed by atoms with Crippen LogP contribution in [0, 0.1) is 6.92 Å². The number of halogens is 3. The molecule has 0 atom stereocenters. The summed E-state index contributed by atoms with van der Waals surface area (Å²) in [7, 11) is 0. The Bertz CT molecular complexity index is 644. The fourth-order valence-corrected chi connectivity index (χ4v) is 1.99. The highest BCUT2D eigenvalue weighted by Gasteiger charge is 2.16. The summed E-state index contributed by atoms with van der Waals surface area (Å²) >= 11 is 17.4. The zero-order valence-corrected chi connectivity index (χ0v) is 12.1. The van der Waals surface area contributed by atoms with Crippen LogP contribution in [0.25, 0.3) is 0 Å². The van der Waals surface area contributed by atoms with Gasteiger partial charge in [0.05, 0.1) is 5.02 Å². The van der Waals surface area contributed by atoms with Crippen LogP contribution in [0.4, 0.5) is 0 Å². The lowest BCUT2D eigenvalue weighted by Crippen LogP contribution is -2.12. The second-order valence-corrected chi connectivity index (χ2v) is 4.99. The molecule has 3 nitrogen and oxygen atoms in total. The summed E-state index contributed by atoms with van der Waals surface area (Å²) in [6, 6.07) is 7.91. The van der Waals surface area contributed by atoms with Gasteiger partial charge in [-0.05, 0) is 42.8 Å². The summed E-state index contributed by atoms with van der Waals surface area (Å²) in [4.78, 5) is 15.8. The largest absolute Gasteiger partial charge is 0.421 e. The average Bonchev–Trinajstić information content (AvgIpc) is 2.35. The van der Waals surface area contributed by atoms with Gasteiger partial charge < -0.3 is 4.74 Å². The maximum atomic E-state index is 12.0. The van der Waals surface area contributed by atoms with E-state index >= 15 is 0 Å². The molecule has 0 aliphatic rings. The second kappa shape index (κ2) is 5.78. The molecule has 0 bridgehead atoms. The van der Waals surface area contributed by atoms with Gasteiger partial charge in [-0.2, -0.15) is 0 Å². The number of rotatable bonds is 2. The zero-order valence-electron chi connectivity index (χ0n) is 9.78. The van der Waals surface area contributed by atoms with Crippen molar-refractivity contribution in [3.63, 3.8) is 0 Å². The molecule has 0 amide bonds. The minimum absolute atomic E-state index is 0.0245. The maximum Gasteiger partial charge on any atom is 0.363 e. The number of carbonyl (C=O) groups excluding carboxylic acids is 1. The number of hydrogen-bond acceptors (Lipinski definition) is 3. The summed E-state index contributed by atoms with van der Waals surface area (Å²) in [5, 5.41) is 0.918. The number of ether oxygens (including phenoxy) is 1. The van der Waals surface area contributed by atoms with E-state index in [0.29, 0.717) is 10.8 Å². The zero-order chi connectivity index (χ0) is 14.0. The predicted octanol–water partition coefficient (Wildman–Crippen LogP) is 4.57. The molecule has 19 heavy (non-hydrogen) atoms. The Morgan fingerprint density at radius 1 is 1.16 bits per heavy atom. The maximum absolute atomic E-state index is 12.0. The lowest BCUT2D eigenvalue weighted by molar-refractivity contribution is 0.0727. The van der Waals surface area contributed by atoms with E-state index in [1.54, 1.807) is 25.1 Å². The summed E-state index contributed by atoms with van der Waals surface area (Å²) < 4.78 is 5.22. The van der Waals surface area contributed by atoms with Gasteiger partial charge in [-0.1, -0.05) is 34.8 Å².